The summed E-state index contributed by atoms with van der Waals surface area (Å²) in [5, 5.41) is 0. The fourth-order valence-electron chi connectivity index (χ4n) is 3.20. The van der Waals surface area contributed by atoms with Gasteiger partial charge in [0.1, 0.15) is 6.29 Å². The lowest BCUT2D eigenvalue weighted by molar-refractivity contribution is -0.109. The summed E-state index contributed by atoms with van der Waals surface area (Å²) in [6.45, 7) is 2.30. The van der Waals surface area contributed by atoms with Gasteiger partial charge in [-0.2, -0.15) is 0 Å². The highest BCUT2D eigenvalue weighted by Gasteiger charge is 2.19. The van der Waals surface area contributed by atoms with Crippen LogP contribution < -0.4 is 9.47 Å². The van der Waals surface area contributed by atoms with Gasteiger partial charge in [0.05, 0.1) is 12.7 Å². The molecule has 1 atom stereocenters. The molecule has 0 saturated carbocycles. The zero-order valence-electron chi connectivity index (χ0n) is 15.0. The number of fused-ring (bicyclic) bond motifs is 1. The molecular formula is C21H22O5. The molecule has 2 aromatic carbocycles. The fourth-order valence-corrected chi connectivity index (χ4v) is 3.20. The average Bonchev–Trinajstić information content (AvgIpc) is 3.14. The summed E-state index contributed by atoms with van der Waals surface area (Å²) in [5.41, 5.74) is 3.56. The Bertz CT molecular complexity index is 812. The maximum absolute atomic E-state index is 11.8. The largest absolute Gasteiger partial charge is 0.465 e. The van der Waals surface area contributed by atoms with Crippen LogP contribution in [0.15, 0.2) is 36.4 Å². The van der Waals surface area contributed by atoms with Crippen molar-refractivity contribution < 1.29 is 23.8 Å². The van der Waals surface area contributed by atoms with Crippen LogP contribution in [-0.4, -0.2) is 26.2 Å². The number of benzene rings is 2. The standard InChI is InChI=1S/C21H22O5/c1-3-4-14-9-17(21(23)24-2)6-5-15(14)10-18(12-22)16-7-8-19-20(11-16)26-13-25-19/h5-9,11-12,18H,3-4,10,13H2,1-2H3. The summed E-state index contributed by atoms with van der Waals surface area (Å²) in [5.74, 6) is 0.734. The number of carbonyl (C=O) groups is 2. The Hall–Kier alpha value is -2.82. The summed E-state index contributed by atoms with van der Waals surface area (Å²) in [7, 11) is 1.37. The zero-order chi connectivity index (χ0) is 18.5. The third-order valence-electron chi connectivity index (χ3n) is 4.58. The van der Waals surface area contributed by atoms with Gasteiger partial charge in [-0.1, -0.05) is 25.5 Å². The number of ether oxygens (including phenoxy) is 3. The third-order valence-corrected chi connectivity index (χ3v) is 4.58. The van der Waals surface area contributed by atoms with Crippen LogP contribution in [0.25, 0.3) is 0 Å². The van der Waals surface area contributed by atoms with Gasteiger partial charge >= 0.3 is 5.97 Å². The van der Waals surface area contributed by atoms with E-state index in [0.29, 0.717) is 23.5 Å². The van der Waals surface area contributed by atoms with E-state index >= 15 is 0 Å². The predicted molar refractivity (Wildman–Crippen MR) is 96.9 cm³/mol. The maximum Gasteiger partial charge on any atom is 0.337 e. The van der Waals surface area contributed by atoms with Crippen LogP contribution in [0.3, 0.4) is 0 Å². The Balaban J connectivity index is 1.87. The van der Waals surface area contributed by atoms with Gasteiger partial charge in [-0.25, -0.2) is 4.79 Å². The topological polar surface area (TPSA) is 61.8 Å². The Morgan fingerprint density at radius 1 is 1.15 bits per heavy atom. The van der Waals surface area contributed by atoms with Gasteiger partial charge in [0.2, 0.25) is 6.79 Å². The summed E-state index contributed by atoms with van der Waals surface area (Å²) >= 11 is 0. The number of methoxy groups -OCH3 is 1. The van der Waals surface area contributed by atoms with Crippen LogP contribution in [0.2, 0.25) is 0 Å². The van der Waals surface area contributed by atoms with E-state index in [1.807, 2.05) is 30.3 Å². The van der Waals surface area contributed by atoms with Gasteiger partial charge < -0.3 is 19.0 Å². The fraction of sp³-hybridized carbons (Fsp3) is 0.333. The van der Waals surface area contributed by atoms with Crippen molar-refractivity contribution >= 4 is 12.3 Å². The van der Waals surface area contributed by atoms with Gasteiger partial charge in [-0.15, -0.1) is 0 Å². The third kappa shape index (κ3) is 3.72. The van der Waals surface area contributed by atoms with Crippen LogP contribution in [0.5, 0.6) is 11.5 Å². The Kier molecular flexibility index (Phi) is 5.56. The number of aryl methyl sites for hydroxylation is 1. The van der Waals surface area contributed by atoms with Crippen LogP contribution in [0, 0.1) is 0 Å². The van der Waals surface area contributed by atoms with E-state index in [-0.39, 0.29) is 18.7 Å². The molecule has 0 aromatic heterocycles. The lowest BCUT2D eigenvalue weighted by atomic mass is 9.89. The first-order chi connectivity index (χ1) is 12.7. The van der Waals surface area contributed by atoms with Crippen molar-refractivity contribution in [1.29, 1.82) is 0 Å². The van der Waals surface area contributed by atoms with Crippen LogP contribution in [0.4, 0.5) is 0 Å². The summed E-state index contributed by atoms with van der Waals surface area (Å²) < 4.78 is 15.5. The Labute approximate surface area is 152 Å². The zero-order valence-corrected chi connectivity index (χ0v) is 15.0. The van der Waals surface area contributed by atoms with Gasteiger partial charge in [-0.05, 0) is 53.8 Å². The molecule has 0 spiro atoms. The predicted octanol–water partition coefficient (Wildman–Crippen LogP) is 3.68. The molecule has 0 N–H and O–H groups in total. The number of hydrogen-bond donors (Lipinski definition) is 0. The molecule has 1 heterocycles. The highest BCUT2D eigenvalue weighted by molar-refractivity contribution is 5.89. The minimum Gasteiger partial charge on any atom is -0.465 e. The van der Waals surface area contributed by atoms with Crippen molar-refractivity contribution in [2.24, 2.45) is 0 Å². The van der Waals surface area contributed by atoms with Gasteiger partial charge in [0, 0.05) is 5.92 Å². The number of esters is 1. The lowest BCUT2D eigenvalue weighted by Gasteiger charge is -2.15. The van der Waals surface area contributed by atoms with E-state index in [9.17, 15) is 9.59 Å². The van der Waals surface area contributed by atoms with Crippen LogP contribution >= 0.6 is 0 Å². The Morgan fingerprint density at radius 2 is 1.96 bits per heavy atom. The van der Waals surface area contributed by atoms with E-state index in [4.69, 9.17) is 14.2 Å². The average molecular weight is 354 g/mol. The first-order valence-electron chi connectivity index (χ1n) is 8.71. The molecule has 5 heteroatoms. The first-order valence-corrected chi connectivity index (χ1v) is 8.71. The molecule has 0 radical (unpaired) electrons. The first kappa shape index (κ1) is 18.0. The molecule has 0 fully saturated rings. The van der Waals surface area contributed by atoms with Gasteiger partial charge in [-0.3, -0.25) is 0 Å². The van der Waals surface area contributed by atoms with Crippen molar-refractivity contribution in [2.45, 2.75) is 32.1 Å². The molecule has 2 aromatic rings. The number of rotatable bonds is 7. The van der Waals surface area contributed by atoms with Crippen LogP contribution in [-0.2, 0) is 22.4 Å². The highest BCUT2D eigenvalue weighted by atomic mass is 16.7. The van der Waals surface area contributed by atoms with E-state index in [1.54, 1.807) is 6.07 Å². The molecule has 0 aliphatic carbocycles. The Morgan fingerprint density at radius 3 is 2.69 bits per heavy atom. The molecule has 1 aliphatic heterocycles. The van der Waals surface area contributed by atoms with Crippen molar-refractivity contribution in [3.05, 3.63) is 58.7 Å². The van der Waals surface area contributed by atoms with Crippen molar-refractivity contribution in [3.63, 3.8) is 0 Å². The quantitative estimate of drug-likeness (QED) is 0.561. The summed E-state index contributed by atoms with van der Waals surface area (Å²) in [6, 6.07) is 11.1. The van der Waals surface area contributed by atoms with E-state index in [2.05, 4.69) is 6.92 Å². The molecule has 1 aliphatic rings. The van der Waals surface area contributed by atoms with Crippen LogP contribution in [0.1, 0.15) is 46.3 Å². The normalized spacial score (nSPS) is 13.3. The van der Waals surface area contributed by atoms with Crippen molar-refractivity contribution in [2.75, 3.05) is 13.9 Å². The van der Waals surface area contributed by atoms with E-state index in [1.165, 1.54) is 7.11 Å². The second-order valence-corrected chi connectivity index (χ2v) is 6.28. The monoisotopic (exact) mass is 354 g/mol. The molecule has 0 saturated heterocycles. The van der Waals surface area contributed by atoms with Crippen molar-refractivity contribution in [3.8, 4) is 11.5 Å². The van der Waals surface area contributed by atoms with Gasteiger partial charge in [0.25, 0.3) is 0 Å². The maximum atomic E-state index is 11.8. The molecule has 26 heavy (non-hydrogen) atoms. The smallest absolute Gasteiger partial charge is 0.337 e. The molecule has 0 bridgehead atoms. The van der Waals surface area contributed by atoms with Gasteiger partial charge in [0.15, 0.2) is 11.5 Å². The summed E-state index contributed by atoms with van der Waals surface area (Å²) in [4.78, 5) is 23.5. The number of hydrogen-bond acceptors (Lipinski definition) is 5. The van der Waals surface area contributed by atoms with E-state index < -0.39 is 0 Å². The second kappa shape index (κ2) is 8.04. The molecule has 0 amide bonds. The van der Waals surface area contributed by atoms with E-state index in [0.717, 1.165) is 35.8 Å². The molecular weight excluding hydrogens is 332 g/mol. The molecule has 136 valence electrons. The molecule has 5 nitrogen and oxygen atoms in total. The molecule has 1 unspecified atom stereocenters. The highest BCUT2D eigenvalue weighted by Crippen LogP contribution is 2.35. The van der Waals surface area contributed by atoms with Crippen molar-refractivity contribution in [1.82, 2.24) is 0 Å². The molecule has 3 rings (SSSR count). The minimum absolute atomic E-state index is 0.209. The lowest BCUT2D eigenvalue weighted by Crippen LogP contribution is -2.09. The summed E-state index contributed by atoms with van der Waals surface area (Å²) in [6.07, 6.45) is 3.32. The number of aldehydes is 1. The minimum atomic E-state index is -0.350. The SMILES string of the molecule is CCCc1cc(C(=O)OC)ccc1CC(C=O)c1ccc2c(c1)OCO2. The second-order valence-electron chi connectivity index (χ2n) is 6.28. The number of carbonyl (C=O) groups excluding carboxylic acids is 2.